The van der Waals surface area contributed by atoms with E-state index in [1.165, 1.54) is 35.2 Å². The minimum Gasteiger partial charge on any atom is -0.277 e. The van der Waals surface area contributed by atoms with Crippen LogP contribution in [-0.2, 0) is 4.79 Å². The predicted molar refractivity (Wildman–Crippen MR) is 99.6 cm³/mol. The molecule has 1 saturated carbocycles. The standard InChI is InChI=1S/C22H22N2O/c1-22(2)14-23-18-11-7-6-10-17(18)19(15-8-4-3-5-9-15)20(16-12-13-16)24(23)21(22)25/h3-11,16H,12-14H2,1-2H3. The van der Waals surface area contributed by atoms with Crippen molar-refractivity contribution in [2.45, 2.75) is 26.7 Å². The van der Waals surface area contributed by atoms with Gasteiger partial charge < -0.3 is 0 Å². The molecule has 126 valence electrons. The number of nitrogens with zero attached hydrogens (tertiary/aromatic N) is 2. The molecule has 0 aromatic heterocycles. The number of carbonyl (C=O) groups excluding carboxylic acids is 1. The molecule has 3 heteroatoms. The minimum atomic E-state index is -0.362. The lowest BCUT2D eigenvalue weighted by Crippen LogP contribution is -2.42. The highest BCUT2D eigenvalue weighted by Gasteiger charge is 2.51. The van der Waals surface area contributed by atoms with E-state index in [2.05, 4.69) is 67.4 Å². The minimum absolute atomic E-state index is 0.220. The molecule has 0 radical (unpaired) electrons. The number of amides is 1. The fourth-order valence-electron chi connectivity index (χ4n) is 4.14. The van der Waals surface area contributed by atoms with Crippen molar-refractivity contribution in [2.75, 3.05) is 11.6 Å². The van der Waals surface area contributed by atoms with Gasteiger partial charge in [-0.1, -0.05) is 48.5 Å². The Labute approximate surface area is 148 Å². The first-order valence-electron chi connectivity index (χ1n) is 9.09. The number of anilines is 1. The maximum absolute atomic E-state index is 13.2. The molecule has 2 aromatic rings. The number of hydrogen-bond acceptors (Lipinski definition) is 2. The van der Waals surface area contributed by atoms with Gasteiger partial charge in [0, 0.05) is 17.1 Å². The topological polar surface area (TPSA) is 23.6 Å². The highest BCUT2D eigenvalue weighted by Crippen LogP contribution is 2.52. The van der Waals surface area contributed by atoms with Crippen molar-refractivity contribution in [3.05, 3.63) is 71.4 Å². The van der Waals surface area contributed by atoms with Crippen molar-refractivity contribution in [2.24, 2.45) is 11.3 Å². The van der Waals surface area contributed by atoms with Crippen molar-refractivity contribution < 1.29 is 4.79 Å². The Hall–Kier alpha value is -2.55. The maximum atomic E-state index is 13.2. The van der Waals surface area contributed by atoms with Crippen LogP contribution in [0.15, 0.2) is 60.3 Å². The summed E-state index contributed by atoms with van der Waals surface area (Å²) in [5.74, 6) is 0.709. The molecule has 0 bridgehead atoms. The number of fused-ring (bicyclic) bond motifs is 3. The van der Waals surface area contributed by atoms with Crippen LogP contribution in [0.4, 0.5) is 5.69 Å². The van der Waals surface area contributed by atoms with Crippen molar-refractivity contribution in [3.8, 4) is 0 Å². The second-order valence-electron chi connectivity index (χ2n) is 7.98. The predicted octanol–water partition coefficient (Wildman–Crippen LogP) is 4.46. The van der Waals surface area contributed by atoms with Crippen molar-refractivity contribution in [3.63, 3.8) is 0 Å². The van der Waals surface area contributed by atoms with Crippen LogP contribution in [0.1, 0.15) is 37.8 Å². The zero-order valence-electron chi connectivity index (χ0n) is 14.7. The molecule has 1 saturated heterocycles. The largest absolute Gasteiger partial charge is 0.277 e. The Bertz CT molecular complexity index is 893. The number of rotatable bonds is 2. The van der Waals surface area contributed by atoms with Gasteiger partial charge in [0.05, 0.1) is 23.3 Å². The van der Waals surface area contributed by atoms with Gasteiger partial charge in [0.1, 0.15) is 0 Å². The van der Waals surface area contributed by atoms with Crippen LogP contribution in [0.5, 0.6) is 0 Å². The Balaban J connectivity index is 1.83. The molecule has 0 spiro atoms. The summed E-state index contributed by atoms with van der Waals surface area (Å²) in [4.78, 5) is 13.2. The van der Waals surface area contributed by atoms with E-state index in [-0.39, 0.29) is 11.3 Å². The average Bonchev–Trinajstić information content (AvgIpc) is 3.42. The van der Waals surface area contributed by atoms with Crippen LogP contribution < -0.4 is 5.01 Å². The van der Waals surface area contributed by atoms with E-state index in [0.717, 1.165) is 12.2 Å². The molecular formula is C22H22N2O. The first-order chi connectivity index (χ1) is 12.1. The molecule has 5 rings (SSSR count). The fourth-order valence-corrected chi connectivity index (χ4v) is 4.14. The zero-order valence-corrected chi connectivity index (χ0v) is 14.7. The molecule has 2 aliphatic heterocycles. The first-order valence-corrected chi connectivity index (χ1v) is 9.09. The van der Waals surface area contributed by atoms with Crippen LogP contribution in [-0.4, -0.2) is 17.5 Å². The third-order valence-electron chi connectivity index (χ3n) is 5.52. The smallest absolute Gasteiger partial charge is 0.253 e. The molecule has 2 aromatic carbocycles. The Morgan fingerprint density at radius 3 is 2.36 bits per heavy atom. The molecule has 2 heterocycles. The molecule has 2 fully saturated rings. The Kier molecular flexibility index (Phi) is 2.94. The zero-order chi connectivity index (χ0) is 17.2. The summed E-state index contributed by atoms with van der Waals surface area (Å²) in [5, 5.41) is 4.21. The van der Waals surface area contributed by atoms with E-state index in [1.807, 2.05) is 11.1 Å². The normalized spacial score (nSPS) is 21.4. The third kappa shape index (κ3) is 2.08. The van der Waals surface area contributed by atoms with Gasteiger partial charge in [0.15, 0.2) is 0 Å². The lowest BCUT2D eigenvalue weighted by atomic mass is 9.91. The van der Waals surface area contributed by atoms with E-state index in [1.54, 1.807) is 0 Å². The Morgan fingerprint density at radius 2 is 1.64 bits per heavy atom. The van der Waals surface area contributed by atoms with Crippen molar-refractivity contribution in [1.82, 2.24) is 5.01 Å². The summed E-state index contributed by atoms with van der Waals surface area (Å²) in [7, 11) is 0. The molecule has 0 N–H and O–H groups in total. The molecule has 3 aliphatic rings. The summed E-state index contributed by atoms with van der Waals surface area (Å²) >= 11 is 0. The molecule has 1 amide bonds. The number of allylic oxidation sites excluding steroid dienone is 1. The van der Waals surface area contributed by atoms with E-state index >= 15 is 0 Å². The summed E-state index contributed by atoms with van der Waals surface area (Å²) in [5.41, 5.74) is 5.68. The molecule has 3 nitrogen and oxygen atoms in total. The molecule has 0 atom stereocenters. The third-order valence-corrected chi connectivity index (χ3v) is 5.52. The van der Waals surface area contributed by atoms with Gasteiger partial charge in [-0.2, -0.15) is 0 Å². The first kappa shape index (κ1) is 14.8. The fraction of sp³-hybridized carbons (Fsp3) is 0.318. The SMILES string of the molecule is CC1(C)CN2c3ccccc3C(c3ccccc3)=C(C3CC3)N2C1=O. The highest BCUT2D eigenvalue weighted by atomic mass is 16.2. The van der Waals surface area contributed by atoms with Crippen molar-refractivity contribution >= 4 is 17.2 Å². The van der Waals surface area contributed by atoms with E-state index < -0.39 is 0 Å². The van der Waals surface area contributed by atoms with Crippen LogP contribution in [0, 0.1) is 11.3 Å². The molecule has 1 aliphatic carbocycles. The number of benzene rings is 2. The van der Waals surface area contributed by atoms with E-state index in [0.29, 0.717) is 5.92 Å². The lowest BCUT2D eigenvalue weighted by molar-refractivity contribution is -0.133. The van der Waals surface area contributed by atoms with Gasteiger partial charge in [-0.15, -0.1) is 0 Å². The monoisotopic (exact) mass is 330 g/mol. The lowest BCUT2D eigenvalue weighted by Gasteiger charge is -2.39. The number of hydrazine groups is 1. The van der Waals surface area contributed by atoms with Crippen LogP contribution in [0.25, 0.3) is 5.57 Å². The van der Waals surface area contributed by atoms with Gasteiger partial charge in [-0.25, -0.2) is 5.01 Å². The van der Waals surface area contributed by atoms with Gasteiger partial charge in [-0.05, 0) is 38.3 Å². The summed E-state index contributed by atoms with van der Waals surface area (Å²) in [6, 6.07) is 19.0. The van der Waals surface area contributed by atoms with Crippen LogP contribution in [0.2, 0.25) is 0 Å². The van der Waals surface area contributed by atoms with Gasteiger partial charge >= 0.3 is 0 Å². The molecular weight excluding hydrogens is 308 g/mol. The molecule has 25 heavy (non-hydrogen) atoms. The quantitative estimate of drug-likeness (QED) is 0.812. The average molecular weight is 330 g/mol. The van der Waals surface area contributed by atoms with Gasteiger partial charge in [-0.3, -0.25) is 9.80 Å². The highest BCUT2D eigenvalue weighted by molar-refractivity contribution is 5.98. The number of para-hydroxylation sites is 1. The van der Waals surface area contributed by atoms with Crippen LogP contribution in [0.3, 0.4) is 0 Å². The molecule has 0 unspecified atom stereocenters. The maximum Gasteiger partial charge on any atom is 0.253 e. The number of hydrogen-bond donors (Lipinski definition) is 0. The Morgan fingerprint density at radius 1 is 0.960 bits per heavy atom. The van der Waals surface area contributed by atoms with Gasteiger partial charge in [0.25, 0.3) is 5.91 Å². The second kappa shape index (κ2) is 4.98. The van der Waals surface area contributed by atoms with E-state index in [9.17, 15) is 4.79 Å². The summed E-state index contributed by atoms with van der Waals surface area (Å²) in [6.45, 7) is 4.85. The summed E-state index contributed by atoms with van der Waals surface area (Å²) in [6.07, 6.45) is 2.35. The van der Waals surface area contributed by atoms with Crippen molar-refractivity contribution in [1.29, 1.82) is 0 Å². The number of carbonyl (C=O) groups is 1. The van der Waals surface area contributed by atoms with Gasteiger partial charge in [0.2, 0.25) is 0 Å². The van der Waals surface area contributed by atoms with E-state index in [4.69, 9.17) is 0 Å². The van der Waals surface area contributed by atoms with Crippen LogP contribution >= 0.6 is 0 Å². The summed E-state index contributed by atoms with van der Waals surface area (Å²) < 4.78 is 0. The second-order valence-corrected chi connectivity index (χ2v) is 7.98.